The number of thiophene rings is 1. The van der Waals surface area contributed by atoms with E-state index in [0.29, 0.717) is 10.4 Å². The minimum absolute atomic E-state index is 0.112. The van der Waals surface area contributed by atoms with Gasteiger partial charge < -0.3 is 15.5 Å². The quantitative estimate of drug-likeness (QED) is 0.711. The van der Waals surface area contributed by atoms with Gasteiger partial charge in [0.2, 0.25) is 0 Å². The molecule has 5 heteroatoms. The summed E-state index contributed by atoms with van der Waals surface area (Å²) < 4.78 is 0. The molecule has 0 aromatic carbocycles. The SMILES string of the molecule is O=C(NC1CCC(O)CC1)c1sccc1C#CCO. The third kappa shape index (κ3) is 3.80. The van der Waals surface area contributed by atoms with E-state index in [2.05, 4.69) is 17.2 Å². The highest BCUT2D eigenvalue weighted by Crippen LogP contribution is 2.20. The number of amides is 1. The van der Waals surface area contributed by atoms with Crippen molar-refractivity contribution in [3.05, 3.63) is 21.9 Å². The molecule has 102 valence electrons. The lowest BCUT2D eigenvalue weighted by Crippen LogP contribution is -2.38. The summed E-state index contributed by atoms with van der Waals surface area (Å²) >= 11 is 1.35. The predicted octanol–water partition coefficient (Wildman–Crippen LogP) is 1.13. The van der Waals surface area contributed by atoms with Crippen LogP contribution in [0.1, 0.15) is 40.9 Å². The van der Waals surface area contributed by atoms with E-state index in [-0.39, 0.29) is 24.7 Å². The molecule has 0 spiro atoms. The average molecular weight is 279 g/mol. The van der Waals surface area contributed by atoms with Gasteiger partial charge in [0, 0.05) is 11.6 Å². The second kappa shape index (κ2) is 6.71. The van der Waals surface area contributed by atoms with E-state index in [1.807, 2.05) is 5.38 Å². The first kappa shape index (κ1) is 14.1. The fraction of sp³-hybridized carbons (Fsp3) is 0.500. The Kier molecular flexibility index (Phi) is 4.97. The van der Waals surface area contributed by atoms with Crippen LogP contribution in [0.4, 0.5) is 0 Å². The molecule has 1 aliphatic rings. The first-order chi connectivity index (χ1) is 9.20. The topological polar surface area (TPSA) is 69.6 Å². The molecule has 0 unspecified atom stereocenters. The van der Waals surface area contributed by atoms with Crippen molar-refractivity contribution in [2.75, 3.05) is 6.61 Å². The van der Waals surface area contributed by atoms with Gasteiger partial charge in [0.1, 0.15) is 11.5 Å². The molecule has 1 aromatic heterocycles. The first-order valence-electron chi connectivity index (χ1n) is 6.37. The van der Waals surface area contributed by atoms with Crippen LogP contribution >= 0.6 is 11.3 Å². The minimum Gasteiger partial charge on any atom is -0.393 e. The summed E-state index contributed by atoms with van der Waals surface area (Å²) in [6, 6.07) is 1.92. The van der Waals surface area contributed by atoms with E-state index in [1.165, 1.54) is 11.3 Å². The highest BCUT2D eigenvalue weighted by molar-refractivity contribution is 7.12. The molecule has 1 fully saturated rings. The minimum atomic E-state index is -0.221. The highest BCUT2D eigenvalue weighted by Gasteiger charge is 2.22. The molecule has 1 heterocycles. The third-order valence-electron chi connectivity index (χ3n) is 3.21. The van der Waals surface area contributed by atoms with E-state index >= 15 is 0 Å². The van der Waals surface area contributed by atoms with E-state index in [4.69, 9.17) is 5.11 Å². The lowest BCUT2D eigenvalue weighted by atomic mass is 9.93. The molecule has 0 bridgehead atoms. The van der Waals surface area contributed by atoms with Crippen molar-refractivity contribution in [2.45, 2.75) is 37.8 Å². The van der Waals surface area contributed by atoms with Crippen molar-refractivity contribution in [2.24, 2.45) is 0 Å². The molecular weight excluding hydrogens is 262 g/mol. The van der Waals surface area contributed by atoms with Crippen molar-refractivity contribution in [3.63, 3.8) is 0 Å². The molecule has 2 rings (SSSR count). The van der Waals surface area contributed by atoms with Crippen LogP contribution in [0.3, 0.4) is 0 Å². The van der Waals surface area contributed by atoms with Crippen molar-refractivity contribution in [3.8, 4) is 11.8 Å². The third-order valence-corrected chi connectivity index (χ3v) is 4.12. The summed E-state index contributed by atoms with van der Waals surface area (Å²) in [4.78, 5) is 12.7. The van der Waals surface area contributed by atoms with Crippen LogP contribution in [0.15, 0.2) is 11.4 Å². The molecule has 0 atom stereocenters. The smallest absolute Gasteiger partial charge is 0.262 e. The van der Waals surface area contributed by atoms with Gasteiger partial charge in [-0.1, -0.05) is 11.8 Å². The maximum Gasteiger partial charge on any atom is 0.262 e. The van der Waals surface area contributed by atoms with Crippen LogP contribution in [0.2, 0.25) is 0 Å². The molecule has 0 radical (unpaired) electrons. The zero-order chi connectivity index (χ0) is 13.7. The standard InChI is InChI=1S/C14H17NO3S/c16-8-1-2-10-7-9-19-13(10)14(18)15-11-3-5-12(17)6-4-11/h7,9,11-12,16-17H,3-6,8H2,(H,15,18). The molecule has 4 nitrogen and oxygen atoms in total. The highest BCUT2D eigenvalue weighted by atomic mass is 32.1. The molecule has 3 N–H and O–H groups in total. The van der Waals surface area contributed by atoms with Gasteiger partial charge >= 0.3 is 0 Å². The Bertz CT molecular complexity index is 492. The molecular formula is C14H17NO3S. The van der Waals surface area contributed by atoms with Gasteiger partial charge in [0.15, 0.2) is 0 Å². The summed E-state index contributed by atoms with van der Waals surface area (Å²) in [6.45, 7) is -0.211. The van der Waals surface area contributed by atoms with Crippen LogP contribution in [-0.2, 0) is 0 Å². The molecule has 1 amide bonds. The lowest BCUT2D eigenvalue weighted by molar-refractivity contribution is 0.0871. The number of aliphatic hydroxyl groups is 2. The van der Waals surface area contributed by atoms with Crippen molar-refractivity contribution in [1.82, 2.24) is 5.32 Å². The monoisotopic (exact) mass is 279 g/mol. The van der Waals surface area contributed by atoms with Gasteiger partial charge in [-0.2, -0.15) is 0 Å². The summed E-state index contributed by atoms with van der Waals surface area (Å²) in [5.41, 5.74) is 0.660. The van der Waals surface area contributed by atoms with Gasteiger partial charge in [-0.15, -0.1) is 11.3 Å². The maximum atomic E-state index is 12.1. The number of nitrogens with one attached hydrogen (secondary N) is 1. The van der Waals surface area contributed by atoms with Gasteiger partial charge in [0.05, 0.1) is 6.10 Å². The maximum absolute atomic E-state index is 12.1. The Morgan fingerprint density at radius 1 is 1.42 bits per heavy atom. The van der Waals surface area contributed by atoms with Gasteiger partial charge in [0.25, 0.3) is 5.91 Å². The molecule has 1 aliphatic carbocycles. The number of carbonyl (C=O) groups excluding carboxylic acids is 1. The Hall–Kier alpha value is -1.35. The molecule has 1 saturated carbocycles. The number of rotatable bonds is 2. The van der Waals surface area contributed by atoms with Gasteiger partial charge in [-0.25, -0.2) is 0 Å². The van der Waals surface area contributed by atoms with Crippen LogP contribution in [-0.4, -0.2) is 34.9 Å². The predicted molar refractivity (Wildman–Crippen MR) is 74.0 cm³/mol. The van der Waals surface area contributed by atoms with Gasteiger partial charge in [-0.05, 0) is 37.1 Å². The Labute approximate surface area is 116 Å². The van der Waals surface area contributed by atoms with E-state index in [0.717, 1.165) is 25.7 Å². The summed E-state index contributed by atoms with van der Waals surface area (Å²) in [6.07, 6.45) is 2.89. The first-order valence-corrected chi connectivity index (χ1v) is 7.25. The van der Waals surface area contributed by atoms with Crippen molar-refractivity contribution in [1.29, 1.82) is 0 Å². The molecule has 0 saturated heterocycles. The zero-order valence-electron chi connectivity index (χ0n) is 10.6. The number of hydrogen-bond acceptors (Lipinski definition) is 4. The summed E-state index contributed by atoms with van der Waals surface area (Å²) in [5, 5.41) is 22.9. The second-order valence-electron chi connectivity index (χ2n) is 4.60. The number of aliphatic hydroxyl groups excluding tert-OH is 2. The lowest BCUT2D eigenvalue weighted by Gasteiger charge is -2.26. The second-order valence-corrected chi connectivity index (χ2v) is 5.52. The molecule has 19 heavy (non-hydrogen) atoms. The van der Waals surface area contributed by atoms with E-state index < -0.39 is 0 Å². The van der Waals surface area contributed by atoms with Crippen molar-refractivity contribution < 1.29 is 15.0 Å². The van der Waals surface area contributed by atoms with Crippen LogP contribution in [0, 0.1) is 11.8 Å². The van der Waals surface area contributed by atoms with Crippen LogP contribution < -0.4 is 5.32 Å². The fourth-order valence-corrected chi connectivity index (χ4v) is 2.94. The largest absolute Gasteiger partial charge is 0.393 e. The van der Waals surface area contributed by atoms with Crippen LogP contribution in [0.5, 0.6) is 0 Å². The fourth-order valence-electron chi connectivity index (χ4n) is 2.19. The normalized spacial score (nSPS) is 22.4. The summed E-state index contributed by atoms with van der Waals surface area (Å²) in [5.74, 6) is 5.22. The Balaban J connectivity index is 1.98. The summed E-state index contributed by atoms with van der Waals surface area (Å²) in [7, 11) is 0. The van der Waals surface area contributed by atoms with E-state index in [1.54, 1.807) is 6.07 Å². The van der Waals surface area contributed by atoms with E-state index in [9.17, 15) is 9.90 Å². The Morgan fingerprint density at radius 3 is 2.84 bits per heavy atom. The molecule has 0 aliphatic heterocycles. The van der Waals surface area contributed by atoms with Crippen LogP contribution in [0.25, 0.3) is 0 Å². The van der Waals surface area contributed by atoms with Crippen molar-refractivity contribution >= 4 is 17.2 Å². The Morgan fingerprint density at radius 2 is 2.16 bits per heavy atom. The number of carbonyl (C=O) groups is 1. The molecule has 1 aromatic rings. The number of hydrogen-bond donors (Lipinski definition) is 3. The average Bonchev–Trinajstić information content (AvgIpc) is 2.87. The van der Waals surface area contributed by atoms with Gasteiger partial charge in [-0.3, -0.25) is 4.79 Å². The zero-order valence-corrected chi connectivity index (χ0v) is 11.4.